The van der Waals surface area contributed by atoms with Crippen LogP contribution < -0.4 is 5.32 Å². The zero-order valence-electron chi connectivity index (χ0n) is 11.6. The maximum Gasteiger partial charge on any atom is 0.0587 e. The zero-order chi connectivity index (χ0) is 12.8. The van der Waals surface area contributed by atoms with Crippen molar-refractivity contribution in [2.45, 2.75) is 51.6 Å². The van der Waals surface area contributed by atoms with Gasteiger partial charge in [-0.25, -0.2) is 0 Å². The summed E-state index contributed by atoms with van der Waals surface area (Å²) in [6.45, 7) is 4.73. The number of nitrogens with one attached hydrogen (secondary N) is 1. The van der Waals surface area contributed by atoms with Crippen LogP contribution in [-0.2, 0) is 11.3 Å². The monoisotopic (exact) mass is 251 g/mol. The normalized spacial score (nSPS) is 17.2. The molecule has 1 aliphatic rings. The van der Waals surface area contributed by atoms with Crippen LogP contribution in [0.5, 0.6) is 0 Å². The van der Waals surface area contributed by atoms with E-state index in [4.69, 9.17) is 4.74 Å². The molecule has 0 saturated heterocycles. The molecule has 0 bridgehead atoms. The highest BCUT2D eigenvalue weighted by atomic mass is 16.5. The van der Waals surface area contributed by atoms with E-state index in [1.165, 1.54) is 43.4 Å². The summed E-state index contributed by atoms with van der Waals surface area (Å²) in [5.41, 5.74) is 2.64. The van der Waals surface area contributed by atoms with Gasteiger partial charge >= 0.3 is 0 Å². The lowest BCUT2D eigenvalue weighted by atomic mass is 9.95. The highest BCUT2D eigenvalue weighted by Crippen LogP contribution is 2.29. The van der Waals surface area contributed by atoms with Gasteiger partial charge < -0.3 is 10.1 Å². The van der Waals surface area contributed by atoms with Gasteiger partial charge in [-0.15, -0.1) is 0 Å². The van der Waals surface area contributed by atoms with Crippen molar-refractivity contribution in [3.63, 3.8) is 0 Å². The van der Waals surface area contributed by atoms with Gasteiger partial charge in [0.05, 0.1) is 18.8 Å². The number of methoxy groups -OCH3 is 1. The summed E-state index contributed by atoms with van der Waals surface area (Å²) in [7, 11) is 1.73. The van der Waals surface area contributed by atoms with E-state index in [0.717, 1.165) is 19.7 Å². The average Bonchev–Trinajstić information content (AvgIpc) is 2.77. The Kier molecular flexibility index (Phi) is 5.20. The van der Waals surface area contributed by atoms with Crippen molar-refractivity contribution in [2.24, 2.45) is 0 Å². The Labute approximate surface area is 110 Å². The summed E-state index contributed by atoms with van der Waals surface area (Å²) in [6.07, 6.45) is 8.70. The van der Waals surface area contributed by atoms with Crippen LogP contribution in [0, 0.1) is 6.92 Å². The highest BCUT2D eigenvalue weighted by molar-refractivity contribution is 5.16. The van der Waals surface area contributed by atoms with Crippen molar-refractivity contribution in [2.75, 3.05) is 20.3 Å². The molecule has 18 heavy (non-hydrogen) atoms. The molecule has 4 heteroatoms. The molecule has 2 rings (SSSR count). The summed E-state index contributed by atoms with van der Waals surface area (Å²) >= 11 is 0. The molecule has 0 radical (unpaired) electrons. The first-order valence-electron chi connectivity index (χ1n) is 7.05. The van der Waals surface area contributed by atoms with E-state index in [2.05, 4.69) is 22.0 Å². The third-order valence-corrected chi connectivity index (χ3v) is 3.87. The van der Waals surface area contributed by atoms with Crippen LogP contribution >= 0.6 is 0 Å². The molecule has 0 aromatic carbocycles. The van der Waals surface area contributed by atoms with E-state index in [1.807, 2.05) is 6.20 Å². The lowest BCUT2D eigenvalue weighted by Gasteiger charge is -2.23. The molecule has 4 nitrogen and oxygen atoms in total. The average molecular weight is 251 g/mol. The second kappa shape index (κ2) is 6.90. The van der Waals surface area contributed by atoms with E-state index in [1.54, 1.807) is 7.11 Å². The smallest absolute Gasteiger partial charge is 0.0587 e. The Bertz CT molecular complexity index is 356. The van der Waals surface area contributed by atoms with Crippen LogP contribution in [0.1, 0.15) is 49.4 Å². The van der Waals surface area contributed by atoms with Gasteiger partial charge in [-0.1, -0.05) is 19.3 Å². The summed E-state index contributed by atoms with van der Waals surface area (Å²) in [5, 5.41) is 7.97. The quantitative estimate of drug-likeness (QED) is 0.789. The first-order valence-corrected chi connectivity index (χ1v) is 7.05. The number of hydrogen-bond donors (Lipinski definition) is 1. The van der Waals surface area contributed by atoms with Crippen LogP contribution in [0.15, 0.2) is 6.20 Å². The minimum atomic E-state index is 0.631. The second-order valence-corrected chi connectivity index (χ2v) is 5.16. The van der Waals surface area contributed by atoms with Crippen molar-refractivity contribution >= 4 is 0 Å². The second-order valence-electron chi connectivity index (χ2n) is 5.16. The lowest BCUT2D eigenvalue weighted by molar-refractivity contribution is 0.199. The van der Waals surface area contributed by atoms with Crippen molar-refractivity contribution in [3.8, 4) is 0 Å². The summed E-state index contributed by atoms with van der Waals surface area (Å²) < 4.78 is 7.27. The molecule has 0 aliphatic heterocycles. The summed E-state index contributed by atoms with van der Waals surface area (Å²) in [4.78, 5) is 0. The van der Waals surface area contributed by atoms with Gasteiger partial charge in [-0.05, 0) is 19.8 Å². The molecule has 0 unspecified atom stereocenters. The predicted octanol–water partition coefficient (Wildman–Crippen LogP) is 2.43. The lowest BCUT2D eigenvalue weighted by Crippen LogP contribution is -2.19. The molecular formula is C14H25N3O. The first-order chi connectivity index (χ1) is 8.83. The van der Waals surface area contributed by atoms with Crippen LogP contribution in [0.4, 0.5) is 0 Å². The van der Waals surface area contributed by atoms with Crippen molar-refractivity contribution < 1.29 is 4.74 Å². The fourth-order valence-corrected chi connectivity index (χ4v) is 2.72. The fourth-order valence-electron chi connectivity index (χ4n) is 2.72. The topological polar surface area (TPSA) is 39.1 Å². The molecular weight excluding hydrogens is 226 g/mol. The van der Waals surface area contributed by atoms with E-state index in [-0.39, 0.29) is 0 Å². The van der Waals surface area contributed by atoms with Crippen molar-refractivity contribution in [3.05, 3.63) is 17.5 Å². The fraction of sp³-hybridized carbons (Fsp3) is 0.786. The third-order valence-electron chi connectivity index (χ3n) is 3.87. The molecule has 102 valence electrons. The van der Waals surface area contributed by atoms with Gasteiger partial charge in [0.1, 0.15) is 0 Å². The largest absolute Gasteiger partial charge is 0.383 e. The standard InChI is InChI=1S/C14H25N3O/c1-12-13(10-15-8-9-18-2)11-16-17(12)14-6-4-3-5-7-14/h11,14-15H,3-10H2,1-2H3. The number of aromatic nitrogens is 2. The summed E-state index contributed by atoms with van der Waals surface area (Å²) in [6, 6.07) is 0.631. The van der Waals surface area contributed by atoms with Crippen LogP contribution in [-0.4, -0.2) is 30.0 Å². The van der Waals surface area contributed by atoms with Crippen LogP contribution in [0.25, 0.3) is 0 Å². The molecule has 0 spiro atoms. The van der Waals surface area contributed by atoms with Gasteiger partial charge in [-0.3, -0.25) is 4.68 Å². The zero-order valence-corrected chi connectivity index (χ0v) is 11.6. The third kappa shape index (κ3) is 3.33. The van der Waals surface area contributed by atoms with Crippen molar-refractivity contribution in [1.29, 1.82) is 0 Å². The minimum Gasteiger partial charge on any atom is -0.383 e. The van der Waals surface area contributed by atoms with Gasteiger partial charge in [0.2, 0.25) is 0 Å². The molecule has 1 saturated carbocycles. The summed E-state index contributed by atoms with van der Waals surface area (Å²) in [5.74, 6) is 0. The number of hydrogen-bond acceptors (Lipinski definition) is 3. The number of ether oxygens (including phenoxy) is 1. The SMILES string of the molecule is COCCNCc1cnn(C2CCCCC2)c1C. The maximum absolute atomic E-state index is 5.03. The Morgan fingerprint density at radius 2 is 2.17 bits per heavy atom. The minimum absolute atomic E-state index is 0.631. The molecule has 1 aromatic rings. The Hall–Kier alpha value is -0.870. The Balaban J connectivity index is 1.90. The Morgan fingerprint density at radius 1 is 1.39 bits per heavy atom. The highest BCUT2D eigenvalue weighted by Gasteiger charge is 2.18. The number of nitrogens with zero attached hydrogens (tertiary/aromatic N) is 2. The van der Waals surface area contributed by atoms with Crippen LogP contribution in [0.2, 0.25) is 0 Å². The predicted molar refractivity (Wildman–Crippen MR) is 72.7 cm³/mol. The van der Waals surface area contributed by atoms with Crippen LogP contribution in [0.3, 0.4) is 0 Å². The molecule has 0 atom stereocenters. The molecule has 1 heterocycles. The van der Waals surface area contributed by atoms with E-state index in [0.29, 0.717) is 6.04 Å². The van der Waals surface area contributed by atoms with E-state index < -0.39 is 0 Å². The van der Waals surface area contributed by atoms with Gasteiger partial charge in [0, 0.05) is 31.5 Å². The van der Waals surface area contributed by atoms with Gasteiger partial charge in [-0.2, -0.15) is 5.10 Å². The molecule has 1 aliphatic carbocycles. The van der Waals surface area contributed by atoms with Gasteiger partial charge in [0.25, 0.3) is 0 Å². The van der Waals surface area contributed by atoms with Crippen molar-refractivity contribution in [1.82, 2.24) is 15.1 Å². The van der Waals surface area contributed by atoms with E-state index in [9.17, 15) is 0 Å². The molecule has 1 aromatic heterocycles. The maximum atomic E-state index is 5.03. The first kappa shape index (κ1) is 13.6. The molecule has 1 fully saturated rings. The molecule has 0 amide bonds. The van der Waals surface area contributed by atoms with Gasteiger partial charge in [0.15, 0.2) is 0 Å². The number of rotatable bonds is 6. The molecule has 1 N–H and O–H groups in total. The van der Waals surface area contributed by atoms with E-state index >= 15 is 0 Å². The Morgan fingerprint density at radius 3 is 2.89 bits per heavy atom.